The van der Waals surface area contributed by atoms with Gasteiger partial charge in [-0.25, -0.2) is 0 Å². The van der Waals surface area contributed by atoms with Crippen LogP contribution >= 0.6 is 0 Å². The van der Waals surface area contributed by atoms with E-state index < -0.39 is 6.04 Å². The third-order valence-electron chi connectivity index (χ3n) is 4.64. The molecule has 1 amide bonds. The number of benzene rings is 3. The zero-order valence-corrected chi connectivity index (χ0v) is 16.5. The third kappa shape index (κ3) is 4.99. The number of carbonyl (C=O) groups is 1. The molecule has 4 heteroatoms. The molecule has 3 aromatic rings. The maximum atomic E-state index is 13.1. The van der Waals surface area contributed by atoms with Crippen molar-refractivity contribution in [2.24, 2.45) is 0 Å². The van der Waals surface area contributed by atoms with Crippen molar-refractivity contribution in [1.29, 1.82) is 0 Å². The van der Waals surface area contributed by atoms with Gasteiger partial charge in [0.1, 0.15) is 11.8 Å². The summed E-state index contributed by atoms with van der Waals surface area (Å²) >= 11 is 0. The molecule has 0 aliphatic rings. The Morgan fingerprint density at radius 2 is 1.61 bits per heavy atom. The van der Waals surface area contributed by atoms with Gasteiger partial charge >= 0.3 is 0 Å². The lowest BCUT2D eigenvalue weighted by Crippen LogP contribution is -2.32. The van der Waals surface area contributed by atoms with Gasteiger partial charge < -0.3 is 10.1 Å². The van der Waals surface area contributed by atoms with Crippen molar-refractivity contribution in [3.8, 4) is 5.75 Å². The fourth-order valence-corrected chi connectivity index (χ4v) is 3.06. The van der Waals surface area contributed by atoms with Crippen LogP contribution in [-0.2, 0) is 11.3 Å². The minimum absolute atomic E-state index is 0.123. The van der Waals surface area contributed by atoms with Crippen molar-refractivity contribution in [1.82, 2.24) is 5.32 Å². The highest BCUT2D eigenvalue weighted by atomic mass is 16.5. The van der Waals surface area contributed by atoms with Crippen molar-refractivity contribution < 1.29 is 9.53 Å². The van der Waals surface area contributed by atoms with E-state index in [4.69, 9.17) is 4.74 Å². The van der Waals surface area contributed by atoms with Gasteiger partial charge in [-0.15, -0.1) is 0 Å². The predicted molar refractivity (Wildman–Crippen MR) is 114 cm³/mol. The molecule has 144 valence electrons. The quantitative estimate of drug-likeness (QED) is 0.626. The molecular formula is C24H26N2O2. The lowest BCUT2D eigenvalue weighted by Gasteiger charge is -2.20. The van der Waals surface area contributed by atoms with Crippen LogP contribution in [-0.4, -0.2) is 13.0 Å². The van der Waals surface area contributed by atoms with Crippen LogP contribution in [0.15, 0.2) is 72.8 Å². The van der Waals surface area contributed by atoms with E-state index in [1.165, 1.54) is 5.56 Å². The summed E-state index contributed by atoms with van der Waals surface area (Å²) in [6.07, 6.45) is 0. The van der Waals surface area contributed by atoms with Crippen LogP contribution in [0.1, 0.15) is 28.3 Å². The van der Waals surface area contributed by atoms with E-state index in [9.17, 15) is 4.79 Å². The second-order valence-electron chi connectivity index (χ2n) is 6.90. The highest BCUT2D eigenvalue weighted by Gasteiger charge is 2.21. The first kappa shape index (κ1) is 19.6. The Balaban J connectivity index is 1.81. The molecule has 0 aromatic heterocycles. The number of nitrogens with one attached hydrogen (secondary N) is 2. The molecule has 0 bridgehead atoms. The Kier molecular flexibility index (Phi) is 6.45. The molecule has 2 N–H and O–H groups in total. The van der Waals surface area contributed by atoms with E-state index in [1.54, 1.807) is 7.11 Å². The van der Waals surface area contributed by atoms with Crippen LogP contribution in [0.2, 0.25) is 0 Å². The summed E-state index contributed by atoms with van der Waals surface area (Å²) in [4.78, 5) is 13.1. The van der Waals surface area contributed by atoms with Gasteiger partial charge in [0.05, 0.1) is 12.8 Å². The fourth-order valence-electron chi connectivity index (χ4n) is 3.06. The second kappa shape index (κ2) is 9.20. The second-order valence-corrected chi connectivity index (χ2v) is 6.90. The minimum atomic E-state index is -0.479. The van der Waals surface area contributed by atoms with E-state index in [2.05, 4.69) is 41.8 Å². The highest BCUT2D eigenvalue weighted by Crippen LogP contribution is 2.26. The first-order valence-electron chi connectivity index (χ1n) is 9.36. The monoisotopic (exact) mass is 374 g/mol. The van der Waals surface area contributed by atoms with Crippen molar-refractivity contribution >= 4 is 11.6 Å². The van der Waals surface area contributed by atoms with Crippen LogP contribution in [0.3, 0.4) is 0 Å². The molecule has 0 saturated carbocycles. The molecule has 0 aliphatic carbocycles. The Hall–Kier alpha value is -3.11. The summed E-state index contributed by atoms with van der Waals surface area (Å²) in [6, 6.07) is 23.3. The predicted octanol–water partition coefficient (Wildman–Crippen LogP) is 4.78. The maximum absolute atomic E-state index is 13.1. The summed E-state index contributed by atoms with van der Waals surface area (Å²) < 4.78 is 5.39. The molecule has 0 saturated heterocycles. The number of ether oxygens (including phenoxy) is 1. The first-order valence-corrected chi connectivity index (χ1v) is 9.36. The Bertz CT molecular complexity index is 921. The molecule has 1 atom stereocenters. The summed E-state index contributed by atoms with van der Waals surface area (Å²) in [5.74, 6) is 0.520. The number of amides is 1. The van der Waals surface area contributed by atoms with Crippen molar-refractivity contribution in [3.63, 3.8) is 0 Å². The van der Waals surface area contributed by atoms with Crippen molar-refractivity contribution in [3.05, 3.63) is 95.1 Å². The van der Waals surface area contributed by atoms with Gasteiger partial charge in [0.2, 0.25) is 5.91 Å². The smallest absolute Gasteiger partial charge is 0.246 e. The zero-order chi connectivity index (χ0) is 19.9. The van der Waals surface area contributed by atoms with Crippen LogP contribution < -0.4 is 15.4 Å². The van der Waals surface area contributed by atoms with Crippen LogP contribution in [0, 0.1) is 13.8 Å². The molecule has 3 rings (SSSR count). The highest BCUT2D eigenvalue weighted by molar-refractivity contribution is 5.96. The molecule has 0 spiro atoms. The fraction of sp³-hybridized carbons (Fsp3) is 0.208. The number of hydrogen-bond donors (Lipinski definition) is 2. The minimum Gasteiger partial charge on any atom is -0.495 e. The molecule has 3 aromatic carbocycles. The van der Waals surface area contributed by atoms with Gasteiger partial charge in [0, 0.05) is 6.54 Å². The average molecular weight is 374 g/mol. The van der Waals surface area contributed by atoms with Crippen LogP contribution in [0.25, 0.3) is 0 Å². The van der Waals surface area contributed by atoms with E-state index in [0.29, 0.717) is 18.0 Å². The molecule has 0 heterocycles. The summed E-state index contributed by atoms with van der Waals surface area (Å²) in [5, 5.41) is 6.41. The summed E-state index contributed by atoms with van der Waals surface area (Å²) in [7, 11) is 1.60. The number of methoxy groups -OCH3 is 1. The first-order chi connectivity index (χ1) is 13.6. The largest absolute Gasteiger partial charge is 0.495 e. The zero-order valence-electron chi connectivity index (χ0n) is 16.5. The normalized spacial score (nSPS) is 11.7. The van der Waals surface area contributed by atoms with Crippen LogP contribution in [0.5, 0.6) is 5.75 Å². The third-order valence-corrected chi connectivity index (χ3v) is 4.64. The van der Waals surface area contributed by atoms with Gasteiger partial charge in [-0.2, -0.15) is 0 Å². The van der Waals surface area contributed by atoms with Crippen molar-refractivity contribution in [2.45, 2.75) is 26.4 Å². The summed E-state index contributed by atoms with van der Waals surface area (Å²) in [5.41, 5.74) is 4.99. The lowest BCUT2D eigenvalue weighted by atomic mass is 10.0. The Morgan fingerprint density at radius 1 is 0.929 bits per heavy atom. The van der Waals surface area contributed by atoms with Crippen LogP contribution in [0.4, 0.5) is 5.69 Å². The maximum Gasteiger partial charge on any atom is 0.246 e. The van der Waals surface area contributed by atoms with E-state index in [-0.39, 0.29) is 5.91 Å². The standard InChI is InChI=1S/C24H26N2O2/c1-17-9-12-19(13-10-17)16-25-23(20-7-5-4-6-8-20)24(27)26-21-15-18(2)11-14-22(21)28-3/h4-15,23,25H,16H2,1-3H3,(H,26,27)/t23-/m0/s1. The summed E-state index contributed by atoms with van der Waals surface area (Å²) in [6.45, 7) is 4.64. The Morgan fingerprint density at radius 3 is 2.29 bits per heavy atom. The van der Waals surface area contributed by atoms with Gasteiger partial charge in [-0.05, 0) is 42.7 Å². The van der Waals surface area contributed by atoms with E-state index >= 15 is 0 Å². The van der Waals surface area contributed by atoms with E-state index in [1.807, 2.05) is 55.5 Å². The molecule has 28 heavy (non-hydrogen) atoms. The number of hydrogen-bond acceptors (Lipinski definition) is 3. The number of aryl methyl sites for hydroxylation is 2. The van der Waals surface area contributed by atoms with Gasteiger partial charge in [0.25, 0.3) is 0 Å². The molecule has 0 aliphatic heterocycles. The number of anilines is 1. The number of rotatable bonds is 7. The molecule has 4 nitrogen and oxygen atoms in total. The Labute approximate surface area is 166 Å². The number of carbonyl (C=O) groups excluding carboxylic acids is 1. The molecule has 0 unspecified atom stereocenters. The topological polar surface area (TPSA) is 50.4 Å². The molecular weight excluding hydrogens is 348 g/mol. The average Bonchev–Trinajstić information content (AvgIpc) is 2.70. The van der Waals surface area contributed by atoms with Crippen molar-refractivity contribution in [2.75, 3.05) is 12.4 Å². The van der Waals surface area contributed by atoms with Gasteiger partial charge in [0.15, 0.2) is 0 Å². The molecule has 0 radical (unpaired) electrons. The van der Waals surface area contributed by atoms with E-state index in [0.717, 1.165) is 16.7 Å². The lowest BCUT2D eigenvalue weighted by molar-refractivity contribution is -0.118. The molecule has 0 fully saturated rings. The van der Waals surface area contributed by atoms with Gasteiger partial charge in [-0.3, -0.25) is 10.1 Å². The SMILES string of the molecule is COc1ccc(C)cc1NC(=O)[C@@H](NCc1ccc(C)cc1)c1ccccc1. The van der Waals surface area contributed by atoms with Gasteiger partial charge in [-0.1, -0.05) is 66.2 Å².